The van der Waals surface area contributed by atoms with Crippen molar-refractivity contribution in [3.8, 4) is 0 Å². The largest absolute Gasteiger partial charge is 0.316 e. The van der Waals surface area contributed by atoms with Gasteiger partial charge in [0.25, 0.3) is 0 Å². The number of halogens is 1. The number of hydrogen-bond donors (Lipinski definition) is 1. The van der Waals surface area contributed by atoms with E-state index in [9.17, 15) is 4.39 Å². The fourth-order valence-electron chi connectivity index (χ4n) is 2.37. The second kappa shape index (κ2) is 9.08. The molecule has 0 aliphatic carbocycles. The van der Waals surface area contributed by atoms with Gasteiger partial charge in [-0.15, -0.1) is 0 Å². The minimum atomic E-state index is -0.123. The Hall–Kier alpha value is -0.890. The average molecular weight is 265 g/mol. The molecule has 1 aromatic rings. The molecule has 1 atom stereocenters. The predicted octanol–water partition coefficient (Wildman–Crippen LogP) is 4.74. The molecule has 1 aromatic carbocycles. The van der Waals surface area contributed by atoms with E-state index in [0.717, 1.165) is 37.4 Å². The van der Waals surface area contributed by atoms with Crippen molar-refractivity contribution in [1.29, 1.82) is 0 Å². The summed E-state index contributed by atoms with van der Waals surface area (Å²) in [6.45, 7) is 8.67. The fraction of sp³-hybridized carbons (Fsp3) is 0.647. The molecule has 0 heterocycles. The summed E-state index contributed by atoms with van der Waals surface area (Å²) < 4.78 is 13.3. The van der Waals surface area contributed by atoms with E-state index in [2.05, 4.69) is 32.2 Å². The standard InChI is InChI=1S/C17H28FN/c1-4-11-19-13-16(9-5-7-14(2)3)15-8-6-10-17(18)12-15/h6,8,10,12,14,16,19H,4-5,7,9,11,13H2,1-3H3. The van der Waals surface area contributed by atoms with Crippen LogP contribution in [0.25, 0.3) is 0 Å². The highest BCUT2D eigenvalue weighted by Crippen LogP contribution is 2.23. The first-order valence-corrected chi connectivity index (χ1v) is 7.59. The lowest BCUT2D eigenvalue weighted by Gasteiger charge is -2.19. The summed E-state index contributed by atoms with van der Waals surface area (Å²) in [5.74, 6) is 1.06. The number of nitrogens with one attached hydrogen (secondary N) is 1. The summed E-state index contributed by atoms with van der Waals surface area (Å²) in [6.07, 6.45) is 4.74. The van der Waals surface area contributed by atoms with Crippen LogP contribution in [0, 0.1) is 11.7 Å². The van der Waals surface area contributed by atoms with Crippen LogP contribution in [0.15, 0.2) is 24.3 Å². The highest BCUT2D eigenvalue weighted by Gasteiger charge is 2.12. The molecule has 0 aliphatic heterocycles. The van der Waals surface area contributed by atoms with Gasteiger partial charge in [-0.25, -0.2) is 4.39 Å². The van der Waals surface area contributed by atoms with E-state index in [0.29, 0.717) is 5.92 Å². The van der Waals surface area contributed by atoms with Gasteiger partial charge in [-0.1, -0.05) is 45.7 Å². The normalized spacial score (nSPS) is 12.9. The Morgan fingerprint density at radius 3 is 2.63 bits per heavy atom. The lowest BCUT2D eigenvalue weighted by Crippen LogP contribution is -2.22. The molecule has 1 rings (SSSR count). The Labute approximate surface area is 117 Å². The minimum Gasteiger partial charge on any atom is -0.316 e. The van der Waals surface area contributed by atoms with Gasteiger partial charge in [0.1, 0.15) is 5.82 Å². The zero-order valence-corrected chi connectivity index (χ0v) is 12.6. The summed E-state index contributed by atoms with van der Waals surface area (Å²) in [4.78, 5) is 0. The van der Waals surface area contributed by atoms with Gasteiger partial charge in [0.15, 0.2) is 0 Å². The van der Waals surface area contributed by atoms with E-state index in [1.54, 1.807) is 6.07 Å². The summed E-state index contributed by atoms with van der Waals surface area (Å²) in [5, 5.41) is 3.47. The van der Waals surface area contributed by atoms with Crippen LogP contribution in [0.2, 0.25) is 0 Å². The highest BCUT2D eigenvalue weighted by atomic mass is 19.1. The number of hydrogen-bond acceptors (Lipinski definition) is 1. The number of benzene rings is 1. The zero-order valence-electron chi connectivity index (χ0n) is 12.6. The monoisotopic (exact) mass is 265 g/mol. The Morgan fingerprint density at radius 2 is 2.00 bits per heavy atom. The maximum Gasteiger partial charge on any atom is 0.123 e. The van der Waals surface area contributed by atoms with Crippen molar-refractivity contribution in [3.63, 3.8) is 0 Å². The molecular formula is C17H28FN. The molecule has 0 spiro atoms. The third kappa shape index (κ3) is 6.72. The molecule has 0 aliphatic rings. The lowest BCUT2D eigenvalue weighted by atomic mass is 9.91. The van der Waals surface area contributed by atoms with Crippen LogP contribution in [0.3, 0.4) is 0 Å². The van der Waals surface area contributed by atoms with Crippen LogP contribution >= 0.6 is 0 Å². The molecule has 2 heteroatoms. The van der Waals surface area contributed by atoms with Gasteiger partial charge in [-0.2, -0.15) is 0 Å². The Morgan fingerprint density at radius 1 is 1.21 bits per heavy atom. The first kappa shape index (κ1) is 16.2. The molecule has 108 valence electrons. The van der Waals surface area contributed by atoms with Gasteiger partial charge >= 0.3 is 0 Å². The third-order valence-electron chi connectivity index (χ3n) is 3.47. The second-order valence-electron chi connectivity index (χ2n) is 5.78. The van der Waals surface area contributed by atoms with E-state index in [1.807, 2.05) is 6.07 Å². The average Bonchev–Trinajstić information content (AvgIpc) is 2.37. The molecule has 0 radical (unpaired) electrons. The number of rotatable bonds is 9. The van der Waals surface area contributed by atoms with Gasteiger partial charge in [0, 0.05) is 6.54 Å². The van der Waals surface area contributed by atoms with Gasteiger partial charge in [0.05, 0.1) is 0 Å². The molecule has 1 unspecified atom stereocenters. The quantitative estimate of drug-likeness (QED) is 0.636. The van der Waals surface area contributed by atoms with Crippen molar-refractivity contribution in [2.24, 2.45) is 5.92 Å². The van der Waals surface area contributed by atoms with Crippen LogP contribution in [0.1, 0.15) is 57.9 Å². The summed E-state index contributed by atoms with van der Waals surface area (Å²) >= 11 is 0. The SMILES string of the molecule is CCCNCC(CCCC(C)C)c1cccc(F)c1. The van der Waals surface area contributed by atoms with Crippen molar-refractivity contribution in [2.75, 3.05) is 13.1 Å². The van der Waals surface area contributed by atoms with Crippen LogP contribution in [0.5, 0.6) is 0 Å². The maximum absolute atomic E-state index is 13.3. The van der Waals surface area contributed by atoms with Crippen molar-refractivity contribution in [1.82, 2.24) is 5.32 Å². The minimum absolute atomic E-state index is 0.123. The highest BCUT2D eigenvalue weighted by molar-refractivity contribution is 5.21. The van der Waals surface area contributed by atoms with Crippen LogP contribution < -0.4 is 5.32 Å². The molecule has 0 aromatic heterocycles. The van der Waals surface area contributed by atoms with E-state index in [4.69, 9.17) is 0 Å². The topological polar surface area (TPSA) is 12.0 Å². The third-order valence-corrected chi connectivity index (χ3v) is 3.47. The molecule has 0 bridgehead atoms. The van der Waals surface area contributed by atoms with Crippen molar-refractivity contribution in [2.45, 2.75) is 52.4 Å². The smallest absolute Gasteiger partial charge is 0.123 e. The summed E-state index contributed by atoms with van der Waals surface area (Å²) in [7, 11) is 0. The van der Waals surface area contributed by atoms with Crippen LogP contribution in [-0.4, -0.2) is 13.1 Å². The van der Waals surface area contributed by atoms with Crippen LogP contribution in [-0.2, 0) is 0 Å². The van der Waals surface area contributed by atoms with E-state index < -0.39 is 0 Å². The van der Waals surface area contributed by atoms with E-state index in [-0.39, 0.29) is 5.82 Å². The summed E-state index contributed by atoms with van der Waals surface area (Å²) in [6, 6.07) is 7.08. The molecular weight excluding hydrogens is 237 g/mol. The summed E-state index contributed by atoms with van der Waals surface area (Å²) in [5.41, 5.74) is 1.13. The molecule has 1 nitrogen and oxygen atoms in total. The van der Waals surface area contributed by atoms with Crippen molar-refractivity contribution in [3.05, 3.63) is 35.6 Å². The first-order chi connectivity index (χ1) is 9.13. The second-order valence-corrected chi connectivity index (χ2v) is 5.78. The molecule has 0 amide bonds. The maximum atomic E-state index is 13.3. The Bertz CT molecular complexity index is 349. The van der Waals surface area contributed by atoms with Gasteiger partial charge in [-0.3, -0.25) is 0 Å². The molecule has 0 fully saturated rings. The molecule has 1 N–H and O–H groups in total. The van der Waals surface area contributed by atoms with Gasteiger partial charge in [-0.05, 0) is 48.9 Å². The van der Waals surface area contributed by atoms with Crippen molar-refractivity contribution < 1.29 is 4.39 Å². The lowest BCUT2D eigenvalue weighted by molar-refractivity contribution is 0.478. The Kier molecular flexibility index (Phi) is 7.73. The van der Waals surface area contributed by atoms with Crippen LogP contribution in [0.4, 0.5) is 4.39 Å². The van der Waals surface area contributed by atoms with Gasteiger partial charge < -0.3 is 5.32 Å². The first-order valence-electron chi connectivity index (χ1n) is 7.59. The molecule has 0 saturated carbocycles. The predicted molar refractivity (Wildman–Crippen MR) is 81.0 cm³/mol. The molecule has 0 saturated heterocycles. The van der Waals surface area contributed by atoms with E-state index in [1.165, 1.54) is 18.9 Å². The van der Waals surface area contributed by atoms with Crippen molar-refractivity contribution >= 4 is 0 Å². The Balaban J connectivity index is 2.57. The van der Waals surface area contributed by atoms with E-state index >= 15 is 0 Å². The fourth-order valence-corrected chi connectivity index (χ4v) is 2.37. The zero-order chi connectivity index (χ0) is 14.1. The molecule has 19 heavy (non-hydrogen) atoms. The van der Waals surface area contributed by atoms with Gasteiger partial charge in [0.2, 0.25) is 0 Å².